The number of ketones is 1. The summed E-state index contributed by atoms with van der Waals surface area (Å²) in [6, 6.07) is 3.41. The van der Waals surface area contributed by atoms with E-state index in [2.05, 4.69) is 0 Å². The molecule has 0 aliphatic carbocycles. The molecule has 0 atom stereocenters. The quantitative estimate of drug-likeness (QED) is 0.812. The molecule has 0 fully saturated rings. The van der Waals surface area contributed by atoms with E-state index >= 15 is 0 Å². The molecule has 0 spiro atoms. The zero-order valence-electron chi connectivity index (χ0n) is 8.17. The Labute approximate surface area is 86.5 Å². The van der Waals surface area contributed by atoms with Crippen LogP contribution < -0.4 is 0 Å². The van der Waals surface area contributed by atoms with E-state index in [4.69, 9.17) is 5.11 Å². The van der Waals surface area contributed by atoms with E-state index in [1.807, 2.05) is 0 Å². The van der Waals surface area contributed by atoms with Crippen molar-refractivity contribution < 1.29 is 18.7 Å². The maximum atomic E-state index is 12.8. The van der Waals surface area contributed by atoms with Crippen LogP contribution in [0, 0.1) is 11.6 Å². The molecule has 1 rings (SSSR count). The molecule has 0 bridgehead atoms. The van der Waals surface area contributed by atoms with Crippen LogP contribution in [0.15, 0.2) is 18.2 Å². The first kappa shape index (κ1) is 11.8. The summed E-state index contributed by atoms with van der Waals surface area (Å²) < 4.78 is 25.3. The van der Waals surface area contributed by atoms with Crippen LogP contribution in [0.1, 0.15) is 18.4 Å². The monoisotopic (exact) mass is 214 g/mol. The van der Waals surface area contributed by atoms with Crippen molar-refractivity contribution in [2.45, 2.75) is 19.3 Å². The third kappa shape index (κ3) is 3.75. The highest BCUT2D eigenvalue weighted by Gasteiger charge is 2.06. The highest BCUT2D eigenvalue weighted by atomic mass is 19.2. The first-order valence-electron chi connectivity index (χ1n) is 4.70. The summed E-state index contributed by atoms with van der Waals surface area (Å²) in [5, 5.41) is 8.50. The molecule has 1 aromatic rings. The Morgan fingerprint density at radius 2 is 2.00 bits per heavy atom. The highest BCUT2D eigenvalue weighted by Crippen LogP contribution is 2.10. The van der Waals surface area contributed by atoms with Crippen LogP contribution in [0.2, 0.25) is 0 Å². The number of carbonyl (C=O) groups excluding carboxylic acids is 1. The largest absolute Gasteiger partial charge is 0.396 e. The molecule has 82 valence electrons. The Morgan fingerprint density at radius 3 is 2.60 bits per heavy atom. The van der Waals surface area contributed by atoms with Gasteiger partial charge in [-0.1, -0.05) is 6.07 Å². The second-order valence-electron chi connectivity index (χ2n) is 3.29. The minimum atomic E-state index is -0.942. The molecule has 0 amide bonds. The molecule has 0 aliphatic heterocycles. The van der Waals surface area contributed by atoms with Crippen LogP contribution in [0.25, 0.3) is 0 Å². The fourth-order valence-electron chi connectivity index (χ4n) is 1.24. The van der Waals surface area contributed by atoms with Crippen molar-refractivity contribution in [1.29, 1.82) is 0 Å². The minimum absolute atomic E-state index is 0.0382. The molecule has 2 nitrogen and oxygen atoms in total. The molecular weight excluding hydrogens is 202 g/mol. The van der Waals surface area contributed by atoms with Crippen molar-refractivity contribution in [1.82, 2.24) is 0 Å². The van der Waals surface area contributed by atoms with Crippen LogP contribution in [-0.2, 0) is 11.2 Å². The van der Waals surface area contributed by atoms with Gasteiger partial charge in [0.05, 0.1) is 0 Å². The first-order valence-corrected chi connectivity index (χ1v) is 4.70. The Kier molecular flexibility index (Phi) is 4.37. The van der Waals surface area contributed by atoms with Crippen LogP contribution in [0.5, 0.6) is 0 Å². The highest BCUT2D eigenvalue weighted by molar-refractivity contribution is 5.80. The summed E-state index contributed by atoms with van der Waals surface area (Å²) >= 11 is 0. The van der Waals surface area contributed by atoms with E-state index in [-0.39, 0.29) is 25.2 Å². The van der Waals surface area contributed by atoms with Crippen molar-refractivity contribution >= 4 is 5.78 Å². The number of aliphatic hydroxyl groups excluding tert-OH is 1. The fourth-order valence-corrected chi connectivity index (χ4v) is 1.24. The van der Waals surface area contributed by atoms with Crippen molar-refractivity contribution in [2.24, 2.45) is 0 Å². The average Bonchev–Trinajstić information content (AvgIpc) is 2.20. The van der Waals surface area contributed by atoms with E-state index in [1.165, 1.54) is 6.07 Å². The van der Waals surface area contributed by atoms with Gasteiger partial charge in [0.25, 0.3) is 0 Å². The molecule has 0 aliphatic rings. The number of benzene rings is 1. The van der Waals surface area contributed by atoms with E-state index in [1.54, 1.807) is 0 Å². The maximum Gasteiger partial charge on any atom is 0.159 e. The summed E-state index contributed by atoms with van der Waals surface area (Å²) in [4.78, 5) is 11.2. The van der Waals surface area contributed by atoms with Crippen molar-refractivity contribution in [3.8, 4) is 0 Å². The lowest BCUT2D eigenvalue weighted by molar-refractivity contribution is -0.118. The number of Topliss-reactive ketones (excluding diaryl/α,β-unsaturated/α-hetero) is 1. The van der Waals surface area contributed by atoms with E-state index in [0.29, 0.717) is 12.0 Å². The summed E-state index contributed by atoms with van der Waals surface area (Å²) in [6.45, 7) is -0.0382. The molecule has 0 radical (unpaired) electrons. The summed E-state index contributed by atoms with van der Waals surface area (Å²) in [5.74, 6) is -1.95. The number of hydrogen-bond donors (Lipinski definition) is 1. The number of hydrogen-bond acceptors (Lipinski definition) is 2. The molecule has 15 heavy (non-hydrogen) atoms. The Morgan fingerprint density at radius 1 is 1.27 bits per heavy atom. The lowest BCUT2D eigenvalue weighted by atomic mass is 10.1. The first-order chi connectivity index (χ1) is 7.13. The van der Waals surface area contributed by atoms with Gasteiger partial charge in [-0.2, -0.15) is 0 Å². The summed E-state index contributed by atoms with van der Waals surface area (Å²) in [6.07, 6.45) is 0.745. The molecule has 0 saturated carbocycles. The van der Waals surface area contributed by atoms with Gasteiger partial charge in [0.2, 0.25) is 0 Å². The van der Waals surface area contributed by atoms with Crippen LogP contribution in [0.3, 0.4) is 0 Å². The molecule has 4 heteroatoms. The zero-order valence-corrected chi connectivity index (χ0v) is 8.17. The Hall–Kier alpha value is -1.29. The van der Waals surface area contributed by atoms with Gasteiger partial charge in [-0.05, 0) is 24.1 Å². The van der Waals surface area contributed by atoms with E-state index < -0.39 is 11.6 Å². The molecule has 0 heterocycles. The van der Waals surface area contributed by atoms with Crippen molar-refractivity contribution in [2.75, 3.05) is 6.61 Å². The van der Waals surface area contributed by atoms with Gasteiger partial charge in [-0.15, -0.1) is 0 Å². The SMILES string of the molecule is O=C(CCCO)Cc1ccc(F)c(F)c1. The Bertz CT molecular complexity index is 350. The predicted molar refractivity (Wildman–Crippen MR) is 51.4 cm³/mol. The number of carbonyl (C=O) groups is 1. The van der Waals surface area contributed by atoms with E-state index in [0.717, 1.165) is 12.1 Å². The molecular formula is C11H12F2O2. The van der Waals surface area contributed by atoms with Gasteiger partial charge in [0.15, 0.2) is 11.6 Å². The Balaban J connectivity index is 2.57. The average molecular weight is 214 g/mol. The second kappa shape index (κ2) is 5.56. The number of halogens is 2. The van der Waals surface area contributed by atoms with Gasteiger partial charge in [0, 0.05) is 19.4 Å². The van der Waals surface area contributed by atoms with Crippen molar-refractivity contribution in [3.05, 3.63) is 35.4 Å². The van der Waals surface area contributed by atoms with Gasteiger partial charge in [-0.3, -0.25) is 4.79 Å². The van der Waals surface area contributed by atoms with Crippen LogP contribution in [-0.4, -0.2) is 17.5 Å². The second-order valence-corrected chi connectivity index (χ2v) is 3.29. The lowest BCUT2D eigenvalue weighted by Crippen LogP contribution is -2.04. The lowest BCUT2D eigenvalue weighted by Gasteiger charge is -2.01. The normalized spacial score (nSPS) is 10.3. The topological polar surface area (TPSA) is 37.3 Å². The van der Waals surface area contributed by atoms with Crippen molar-refractivity contribution in [3.63, 3.8) is 0 Å². The van der Waals surface area contributed by atoms with Gasteiger partial charge in [-0.25, -0.2) is 8.78 Å². The maximum absolute atomic E-state index is 12.8. The molecule has 0 aromatic heterocycles. The smallest absolute Gasteiger partial charge is 0.159 e. The number of aliphatic hydroxyl groups is 1. The molecule has 0 saturated heterocycles. The fraction of sp³-hybridized carbons (Fsp3) is 0.364. The minimum Gasteiger partial charge on any atom is -0.396 e. The zero-order chi connectivity index (χ0) is 11.3. The van der Waals surface area contributed by atoms with E-state index in [9.17, 15) is 13.6 Å². The molecule has 1 N–H and O–H groups in total. The van der Waals surface area contributed by atoms with Gasteiger partial charge >= 0.3 is 0 Å². The third-order valence-corrected chi connectivity index (χ3v) is 2.00. The van der Waals surface area contributed by atoms with Gasteiger partial charge < -0.3 is 5.11 Å². The van der Waals surface area contributed by atoms with Crippen LogP contribution >= 0.6 is 0 Å². The molecule has 1 aromatic carbocycles. The van der Waals surface area contributed by atoms with Gasteiger partial charge in [0.1, 0.15) is 5.78 Å². The summed E-state index contributed by atoms with van der Waals surface area (Å²) in [7, 11) is 0. The standard InChI is InChI=1S/C11H12F2O2/c12-10-4-3-8(7-11(10)13)6-9(15)2-1-5-14/h3-4,7,14H,1-2,5-6H2. The third-order valence-electron chi connectivity index (χ3n) is 2.00. The van der Waals surface area contributed by atoms with Crippen LogP contribution in [0.4, 0.5) is 8.78 Å². The molecule has 0 unspecified atom stereocenters. The summed E-state index contributed by atoms with van der Waals surface area (Å²) in [5.41, 5.74) is 0.455. The predicted octanol–water partition coefficient (Wildman–Crippen LogP) is 1.85. The number of rotatable bonds is 5.